The quantitative estimate of drug-likeness (QED) is 0.766. The van der Waals surface area contributed by atoms with E-state index in [0.29, 0.717) is 25.3 Å². The zero-order chi connectivity index (χ0) is 13.0. The third-order valence-electron chi connectivity index (χ3n) is 4.02. The maximum Gasteiger partial charge on any atom is 0.214 e. The van der Waals surface area contributed by atoms with Crippen molar-refractivity contribution in [2.24, 2.45) is 5.92 Å². The second-order valence-corrected chi connectivity index (χ2v) is 7.25. The summed E-state index contributed by atoms with van der Waals surface area (Å²) < 4.78 is 32.7. The molecule has 2 saturated heterocycles. The highest BCUT2D eigenvalue weighted by Gasteiger charge is 2.31. The SMILES string of the molecule is CCC1OCCC1CNS(=O)(=O)C1CCNCC1. The summed E-state index contributed by atoms with van der Waals surface area (Å²) in [5.41, 5.74) is 0. The second kappa shape index (κ2) is 6.32. The van der Waals surface area contributed by atoms with Crippen LogP contribution in [-0.4, -0.2) is 46.0 Å². The number of nitrogens with one attached hydrogen (secondary N) is 2. The summed E-state index contributed by atoms with van der Waals surface area (Å²) >= 11 is 0. The lowest BCUT2D eigenvalue weighted by Crippen LogP contribution is -2.43. The molecule has 2 fully saturated rings. The molecule has 0 aromatic rings. The van der Waals surface area contributed by atoms with Gasteiger partial charge in [0.05, 0.1) is 11.4 Å². The van der Waals surface area contributed by atoms with Crippen LogP contribution < -0.4 is 10.0 Å². The summed E-state index contributed by atoms with van der Waals surface area (Å²) in [7, 11) is -3.15. The Morgan fingerprint density at radius 2 is 2.00 bits per heavy atom. The van der Waals surface area contributed by atoms with Crippen molar-refractivity contribution >= 4 is 10.0 Å². The van der Waals surface area contributed by atoms with Crippen LogP contribution >= 0.6 is 0 Å². The van der Waals surface area contributed by atoms with Crippen molar-refractivity contribution in [3.8, 4) is 0 Å². The fourth-order valence-electron chi connectivity index (χ4n) is 2.82. The highest BCUT2D eigenvalue weighted by Crippen LogP contribution is 2.23. The van der Waals surface area contributed by atoms with Gasteiger partial charge in [-0.3, -0.25) is 0 Å². The van der Waals surface area contributed by atoms with Crippen LogP contribution in [0.5, 0.6) is 0 Å². The molecule has 2 rings (SSSR count). The number of hydrogen-bond acceptors (Lipinski definition) is 4. The maximum absolute atomic E-state index is 12.2. The first kappa shape index (κ1) is 14.2. The van der Waals surface area contributed by atoms with Crippen LogP contribution in [0.2, 0.25) is 0 Å². The summed E-state index contributed by atoms with van der Waals surface area (Å²) in [6.45, 7) is 4.98. The molecule has 2 unspecified atom stereocenters. The molecule has 2 N–H and O–H groups in total. The monoisotopic (exact) mass is 276 g/mol. The van der Waals surface area contributed by atoms with Crippen LogP contribution in [0.3, 0.4) is 0 Å². The van der Waals surface area contributed by atoms with Crippen molar-refractivity contribution in [3.63, 3.8) is 0 Å². The fraction of sp³-hybridized carbons (Fsp3) is 1.00. The van der Waals surface area contributed by atoms with E-state index >= 15 is 0 Å². The van der Waals surface area contributed by atoms with Gasteiger partial charge < -0.3 is 10.1 Å². The predicted octanol–water partition coefficient (Wildman–Crippen LogP) is 0.473. The average Bonchev–Trinajstić information content (AvgIpc) is 2.85. The minimum absolute atomic E-state index is 0.221. The fourth-order valence-corrected chi connectivity index (χ4v) is 4.36. The van der Waals surface area contributed by atoms with E-state index in [1.807, 2.05) is 0 Å². The Morgan fingerprint density at radius 1 is 1.28 bits per heavy atom. The summed E-state index contributed by atoms with van der Waals surface area (Å²) in [6.07, 6.45) is 3.58. The molecule has 0 radical (unpaired) electrons. The average molecular weight is 276 g/mol. The van der Waals surface area contributed by atoms with Crippen LogP contribution in [0.15, 0.2) is 0 Å². The number of ether oxygens (including phenoxy) is 1. The van der Waals surface area contributed by atoms with E-state index in [9.17, 15) is 8.42 Å². The van der Waals surface area contributed by atoms with Gasteiger partial charge in [0.25, 0.3) is 0 Å². The van der Waals surface area contributed by atoms with Crippen LogP contribution in [0.4, 0.5) is 0 Å². The molecule has 0 aromatic carbocycles. The Kier molecular flexibility index (Phi) is 5.00. The molecule has 0 amide bonds. The van der Waals surface area contributed by atoms with Gasteiger partial charge in [0.2, 0.25) is 10.0 Å². The Hall–Kier alpha value is -0.170. The second-order valence-electron chi connectivity index (χ2n) is 5.21. The Labute approximate surface area is 110 Å². The summed E-state index contributed by atoms with van der Waals surface area (Å²) in [4.78, 5) is 0. The Morgan fingerprint density at radius 3 is 2.67 bits per heavy atom. The summed E-state index contributed by atoms with van der Waals surface area (Å²) in [5, 5.41) is 2.97. The van der Waals surface area contributed by atoms with Crippen molar-refractivity contribution in [1.29, 1.82) is 0 Å². The van der Waals surface area contributed by atoms with E-state index in [0.717, 1.165) is 32.5 Å². The van der Waals surface area contributed by atoms with Gasteiger partial charge in [-0.15, -0.1) is 0 Å². The smallest absolute Gasteiger partial charge is 0.214 e. The van der Waals surface area contributed by atoms with Crippen LogP contribution in [0.1, 0.15) is 32.6 Å². The van der Waals surface area contributed by atoms with Crippen molar-refractivity contribution in [3.05, 3.63) is 0 Å². The van der Waals surface area contributed by atoms with Gasteiger partial charge in [-0.25, -0.2) is 13.1 Å². The van der Waals surface area contributed by atoms with Crippen LogP contribution in [0, 0.1) is 5.92 Å². The van der Waals surface area contributed by atoms with Crippen molar-refractivity contribution in [2.75, 3.05) is 26.2 Å². The molecule has 0 spiro atoms. The number of piperidine rings is 1. The van der Waals surface area contributed by atoms with Gasteiger partial charge >= 0.3 is 0 Å². The third kappa shape index (κ3) is 3.44. The summed E-state index contributed by atoms with van der Waals surface area (Å²) in [5.74, 6) is 0.339. The molecule has 2 heterocycles. The molecule has 106 valence electrons. The minimum Gasteiger partial charge on any atom is -0.378 e. The molecule has 5 nitrogen and oxygen atoms in total. The zero-order valence-electron chi connectivity index (χ0n) is 11.0. The molecule has 0 aliphatic carbocycles. The highest BCUT2D eigenvalue weighted by atomic mass is 32.2. The number of sulfonamides is 1. The zero-order valence-corrected chi connectivity index (χ0v) is 11.8. The normalized spacial score (nSPS) is 30.7. The van der Waals surface area contributed by atoms with E-state index in [4.69, 9.17) is 4.74 Å². The minimum atomic E-state index is -3.15. The van der Waals surface area contributed by atoms with Gasteiger partial charge in [-0.1, -0.05) is 6.92 Å². The molecule has 2 atom stereocenters. The lowest BCUT2D eigenvalue weighted by molar-refractivity contribution is 0.0884. The van der Waals surface area contributed by atoms with Gasteiger partial charge in [-0.05, 0) is 38.8 Å². The largest absolute Gasteiger partial charge is 0.378 e. The number of rotatable bonds is 5. The number of hydrogen-bond donors (Lipinski definition) is 2. The van der Waals surface area contributed by atoms with Gasteiger partial charge in [0, 0.05) is 19.1 Å². The van der Waals surface area contributed by atoms with Crippen molar-refractivity contribution in [2.45, 2.75) is 44.0 Å². The molecule has 18 heavy (non-hydrogen) atoms. The molecular weight excluding hydrogens is 252 g/mol. The maximum atomic E-state index is 12.2. The molecular formula is C12H24N2O3S. The van der Waals surface area contributed by atoms with Crippen LogP contribution in [-0.2, 0) is 14.8 Å². The first-order valence-corrected chi connectivity index (χ1v) is 8.49. The van der Waals surface area contributed by atoms with Crippen LogP contribution in [0.25, 0.3) is 0 Å². The first-order valence-electron chi connectivity index (χ1n) is 6.94. The highest BCUT2D eigenvalue weighted by molar-refractivity contribution is 7.90. The molecule has 0 bridgehead atoms. The molecule has 0 aromatic heterocycles. The lowest BCUT2D eigenvalue weighted by Gasteiger charge is -2.24. The van der Waals surface area contributed by atoms with Gasteiger partial charge in [0.15, 0.2) is 0 Å². The molecule has 2 aliphatic heterocycles. The van der Waals surface area contributed by atoms with Gasteiger partial charge in [0.1, 0.15) is 0 Å². The van der Waals surface area contributed by atoms with Crippen molar-refractivity contribution < 1.29 is 13.2 Å². The predicted molar refractivity (Wildman–Crippen MR) is 71.0 cm³/mol. The van der Waals surface area contributed by atoms with E-state index in [1.165, 1.54) is 0 Å². The third-order valence-corrected chi connectivity index (χ3v) is 5.94. The standard InChI is InChI=1S/C12H24N2O3S/c1-2-12-10(5-8-17-12)9-14-18(15,16)11-3-6-13-7-4-11/h10-14H,2-9H2,1H3. The molecule has 0 saturated carbocycles. The lowest BCUT2D eigenvalue weighted by atomic mass is 10.0. The van der Waals surface area contributed by atoms with E-state index < -0.39 is 10.0 Å². The van der Waals surface area contributed by atoms with Gasteiger partial charge in [-0.2, -0.15) is 0 Å². The van der Waals surface area contributed by atoms with E-state index in [1.54, 1.807) is 0 Å². The van der Waals surface area contributed by atoms with E-state index in [2.05, 4.69) is 17.0 Å². The topological polar surface area (TPSA) is 67.4 Å². The van der Waals surface area contributed by atoms with Crippen molar-refractivity contribution in [1.82, 2.24) is 10.0 Å². The van der Waals surface area contributed by atoms with E-state index in [-0.39, 0.29) is 11.4 Å². The Balaban J connectivity index is 1.84. The Bertz CT molecular complexity index is 352. The first-order chi connectivity index (χ1) is 8.63. The summed E-state index contributed by atoms with van der Waals surface area (Å²) in [6, 6.07) is 0. The molecule has 6 heteroatoms. The molecule has 2 aliphatic rings.